The molecular weight excluding hydrogens is 264 g/mol. The zero-order valence-electron chi connectivity index (χ0n) is 13.3. The van der Waals surface area contributed by atoms with Crippen LogP contribution in [0.4, 0.5) is 0 Å². The maximum atomic E-state index is 6.61. The van der Waals surface area contributed by atoms with Gasteiger partial charge >= 0.3 is 0 Å². The molecule has 1 aromatic rings. The number of benzene rings is 1. The topological polar surface area (TPSA) is 47.7 Å². The van der Waals surface area contributed by atoms with Crippen molar-refractivity contribution in [3.63, 3.8) is 0 Å². The first-order valence-electron chi connectivity index (χ1n) is 7.83. The summed E-state index contributed by atoms with van der Waals surface area (Å²) in [4.78, 5) is 2.43. The first kappa shape index (κ1) is 16.4. The second-order valence-electron chi connectivity index (χ2n) is 5.71. The summed E-state index contributed by atoms with van der Waals surface area (Å²) in [6.07, 6.45) is 3.44. The summed E-state index contributed by atoms with van der Waals surface area (Å²) in [5.41, 5.74) is 9.33. The zero-order valence-corrected chi connectivity index (χ0v) is 13.3. The maximum absolute atomic E-state index is 6.61. The van der Waals surface area contributed by atoms with Gasteiger partial charge in [-0.2, -0.15) is 0 Å². The average Bonchev–Trinajstić information content (AvgIpc) is 2.68. The van der Waals surface area contributed by atoms with E-state index in [1.165, 1.54) is 17.5 Å². The number of hydrogen-bond acceptors (Lipinski definition) is 4. The molecule has 0 aromatic heterocycles. The number of fused-ring (bicyclic) bond motifs is 1. The van der Waals surface area contributed by atoms with Gasteiger partial charge in [-0.05, 0) is 30.4 Å². The Morgan fingerprint density at radius 1 is 1.14 bits per heavy atom. The van der Waals surface area contributed by atoms with Gasteiger partial charge in [0.25, 0.3) is 0 Å². The Bertz CT molecular complexity index is 417. The monoisotopic (exact) mass is 292 g/mol. The van der Waals surface area contributed by atoms with Crippen LogP contribution in [0.5, 0.6) is 0 Å². The van der Waals surface area contributed by atoms with E-state index in [0.29, 0.717) is 6.04 Å². The first-order chi connectivity index (χ1) is 10.3. The normalized spacial score (nSPS) is 22.1. The van der Waals surface area contributed by atoms with Gasteiger partial charge in [-0.15, -0.1) is 0 Å². The van der Waals surface area contributed by atoms with E-state index in [2.05, 4.69) is 29.2 Å². The number of aryl methyl sites for hydroxylation is 1. The molecule has 21 heavy (non-hydrogen) atoms. The summed E-state index contributed by atoms with van der Waals surface area (Å²) in [5.74, 6) is 0. The lowest BCUT2D eigenvalue weighted by atomic mass is 9.96. The minimum absolute atomic E-state index is 0.0670. The fraction of sp³-hybridized carbons (Fsp3) is 0.647. The lowest BCUT2D eigenvalue weighted by molar-refractivity contribution is 0.0753. The Morgan fingerprint density at radius 2 is 1.81 bits per heavy atom. The number of methoxy groups -OCH3 is 2. The molecule has 2 atom stereocenters. The van der Waals surface area contributed by atoms with Crippen LogP contribution < -0.4 is 5.73 Å². The van der Waals surface area contributed by atoms with E-state index in [4.69, 9.17) is 15.2 Å². The molecule has 1 aliphatic carbocycles. The SMILES string of the molecule is COCCN(CCOC)C1CCCc2ccccc2C1N. The molecule has 118 valence electrons. The van der Waals surface area contributed by atoms with Crippen molar-refractivity contribution in [1.29, 1.82) is 0 Å². The molecule has 0 amide bonds. The van der Waals surface area contributed by atoms with Gasteiger partial charge in [0, 0.05) is 39.4 Å². The van der Waals surface area contributed by atoms with E-state index in [1.807, 2.05) is 0 Å². The highest BCUT2D eigenvalue weighted by Gasteiger charge is 2.29. The molecule has 2 rings (SSSR count). The van der Waals surface area contributed by atoms with Crippen LogP contribution in [0, 0.1) is 0 Å². The molecule has 0 bridgehead atoms. The molecule has 0 saturated heterocycles. The van der Waals surface area contributed by atoms with Crippen LogP contribution >= 0.6 is 0 Å². The highest BCUT2D eigenvalue weighted by Crippen LogP contribution is 2.30. The van der Waals surface area contributed by atoms with Gasteiger partial charge in [0.05, 0.1) is 13.2 Å². The average molecular weight is 292 g/mol. The molecule has 2 unspecified atom stereocenters. The summed E-state index contributed by atoms with van der Waals surface area (Å²) in [6, 6.07) is 9.03. The molecule has 1 aliphatic rings. The quantitative estimate of drug-likeness (QED) is 0.781. The number of hydrogen-bond donors (Lipinski definition) is 1. The van der Waals surface area contributed by atoms with Gasteiger partial charge in [0.1, 0.15) is 0 Å². The number of nitrogens with zero attached hydrogens (tertiary/aromatic N) is 1. The van der Waals surface area contributed by atoms with Gasteiger partial charge in [0.15, 0.2) is 0 Å². The van der Waals surface area contributed by atoms with E-state index >= 15 is 0 Å². The molecule has 0 aliphatic heterocycles. The van der Waals surface area contributed by atoms with Gasteiger partial charge < -0.3 is 15.2 Å². The van der Waals surface area contributed by atoms with E-state index < -0.39 is 0 Å². The molecule has 4 heteroatoms. The minimum Gasteiger partial charge on any atom is -0.383 e. The minimum atomic E-state index is 0.0670. The Labute approximate surface area is 128 Å². The first-order valence-corrected chi connectivity index (χ1v) is 7.83. The van der Waals surface area contributed by atoms with Gasteiger partial charge in [-0.3, -0.25) is 4.90 Å². The number of ether oxygens (including phenoxy) is 2. The largest absolute Gasteiger partial charge is 0.383 e. The third-order valence-electron chi connectivity index (χ3n) is 4.41. The molecule has 0 heterocycles. The molecule has 4 nitrogen and oxygen atoms in total. The highest BCUT2D eigenvalue weighted by molar-refractivity contribution is 5.32. The van der Waals surface area contributed by atoms with Crippen LogP contribution in [0.2, 0.25) is 0 Å². The Morgan fingerprint density at radius 3 is 2.48 bits per heavy atom. The fourth-order valence-electron chi connectivity index (χ4n) is 3.25. The predicted molar refractivity (Wildman–Crippen MR) is 85.4 cm³/mol. The summed E-state index contributed by atoms with van der Waals surface area (Å²) < 4.78 is 10.5. The van der Waals surface area contributed by atoms with Crippen molar-refractivity contribution < 1.29 is 9.47 Å². The van der Waals surface area contributed by atoms with Crippen molar-refractivity contribution >= 4 is 0 Å². The Balaban J connectivity index is 2.15. The van der Waals surface area contributed by atoms with Gasteiger partial charge in [-0.1, -0.05) is 24.3 Å². The van der Waals surface area contributed by atoms with Crippen LogP contribution in [-0.2, 0) is 15.9 Å². The van der Waals surface area contributed by atoms with Crippen molar-refractivity contribution in [2.24, 2.45) is 5.73 Å². The van der Waals surface area contributed by atoms with E-state index in [9.17, 15) is 0 Å². The third kappa shape index (κ3) is 4.27. The smallest absolute Gasteiger partial charge is 0.0589 e. The molecular formula is C17H28N2O2. The van der Waals surface area contributed by atoms with E-state index in [1.54, 1.807) is 14.2 Å². The summed E-state index contributed by atoms with van der Waals surface area (Å²) in [6.45, 7) is 3.27. The molecule has 0 fully saturated rings. The zero-order chi connectivity index (χ0) is 15.1. The van der Waals surface area contributed by atoms with Crippen molar-refractivity contribution in [3.8, 4) is 0 Å². The van der Waals surface area contributed by atoms with Crippen molar-refractivity contribution in [2.45, 2.75) is 31.3 Å². The Kier molecular flexibility index (Phi) is 6.64. The maximum Gasteiger partial charge on any atom is 0.0589 e. The third-order valence-corrected chi connectivity index (χ3v) is 4.41. The molecule has 0 spiro atoms. The molecule has 0 saturated carbocycles. The molecule has 2 N–H and O–H groups in total. The van der Waals surface area contributed by atoms with E-state index in [-0.39, 0.29) is 6.04 Å². The Hall–Kier alpha value is -0.940. The molecule has 1 aromatic carbocycles. The summed E-state index contributed by atoms with van der Waals surface area (Å²) in [5, 5.41) is 0. The number of nitrogens with two attached hydrogens (primary N) is 1. The lowest BCUT2D eigenvalue weighted by Gasteiger charge is -2.35. The van der Waals surface area contributed by atoms with Crippen LogP contribution in [0.3, 0.4) is 0 Å². The van der Waals surface area contributed by atoms with Crippen LogP contribution in [0.25, 0.3) is 0 Å². The van der Waals surface area contributed by atoms with Crippen LogP contribution in [0.1, 0.15) is 30.0 Å². The van der Waals surface area contributed by atoms with Crippen molar-refractivity contribution in [1.82, 2.24) is 4.90 Å². The second kappa shape index (κ2) is 8.49. The van der Waals surface area contributed by atoms with Crippen molar-refractivity contribution in [2.75, 3.05) is 40.5 Å². The second-order valence-corrected chi connectivity index (χ2v) is 5.71. The standard InChI is InChI=1S/C17H28N2O2/c1-20-12-10-19(11-13-21-2)16-9-5-7-14-6-3-4-8-15(14)17(16)18/h3-4,6,8,16-17H,5,7,9-13,18H2,1-2H3. The van der Waals surface area contributed by atoms with Gasteiger partial charge in [-0.25, -0.2) is 0 Å². The number of rotatable bonds is 7. The van der Waals surface area contributed by atoms with Crippen LogP contribution in [-0.4, -0.2) is 51.5 Å². The van der Waals surface area contributed by atoms with Gasteiger partial charge in [0.2, 0.25) is 0 Å². The molecule has 0 radical (unpaired) electrons. The van der Waals surface area contributed by atoms with Crippen molar-refractivity contribution in [3.05, 3.63) is 35.4 Å². The van der Waals surface area contributed by atoms with Crippen LogP contribution in [0.15, 0.2) is 24.3 Å². The predicted octanol–water partition coefficient (Wildman–Crippen LogP) is 1.99. The van der Waals surface area contributed by atoms with E-state index in [0.717, 1.165) is 39.1 Å². The highest BCUT2D eigenvalue weighted by atomic mass is 16.5. The summed E-state index contributed by atoms with van der Waals surface area (Å²) >= 11 is 0. The summed E-state index contributed by atoms with van der Waals surface area (Å²) in [7, 11) is 3.49. The fourth-order valence-corrected chi connectivity index (χ4v) is 3.25. The lowest BCUT2D eigenvalue weighted by Crippen LogP contribution is -2.45.